The summed E-state index contributed by atoms with van der Waals surface area (Å²) in [5.41, 5.74) is 3.30. The van der Waals surface area contributed by atoms with Crippen molar-refractivity contribution in [3.05, 3.63) is 92.7 Å². The summed E-state index contributed by atoms with van der Waals surface area (Å²) in [6, 6.07) is 16.2. The Morgan fingerprint density at radius 2 is 1.88 bits per heavy atom. The zero-order chi connectivity index (χ0) is 23.7. The number of aliphatic hydroxyl groups excluding tert-OH is 1. The fraction of sp³-hybridized carbons (Fsp3) is 0.259. The van der Waals surface area contributed by atoms with Gasteiger partial charge in [0.2, 0.25) is 0 Å². The summed E-state index contributed by atoms with van der Waals surface area (Å²) < 4.78 is 5.46. The maximum atomic E-state index is 13.3. The molecule has 1 saturated heterocycles. The normalized spacial score (nSPS) is 17.7. The number of carbonyl (C=O) groups is 2. The van der Waals surface area contributed by atoms with E-state index in [9.17, 15) is 14.7 Å². The van der Waals surface area contributed by atoms with E-state index >= 15 is 0 Å². The number of aryl methyl sites for hydroxylation is 1. The fourth-order valence-electron chi connectivity index (χ4n) is 4.32. The minimum Gasteiger partial charge on any atom is -0.507 e. The van der Waals surface area contributed by atoms with E-state index in [0.717, 1.165) is 27.3 Å². The first-order chi connectivity index (χ1) is 15.8. The van der Waals surface area contributed by atoms with Crippen LogP contribution in [0.5, 0.6) is 5.75 Å². The van der Waals surface area contributed by atoms with Gasteiger partial charge in [0.05, 0.1) is 25.3 Å². The van der Waals surface area contributed by atoms with E-state index in [1.807, 2.05) is 68.6 Å². The van der Waals surface area contributed by atoms with Gasteiger partial charge in [0.1, 0.15) is 11.5 Å². The lowest BCUT2D eigenvalue weighted by Gasteiger charge is -2.26. The molecule has 1 aromatic heterocycles. The summed E-state index contributed by atoms with van der Waals surface area (Å²) in [6.45, 7) is 6.33. The lowest BCUT2D eigenvalue weighted by molar-refractivity contribution is -0.140. The van der Waals surface area contributed by atoms with Gasteiger partial charge in [-0.3, -0.25) is 9.59 Å². The van der Waals surface area contributed by atoms with Crippen molar-refractivity contribution in [3.63, 3.8) is 0 Å². The third-order valence-corrected chi connectivity index (χ3v) is 6.92. The molecule has 1 atom stereocenters. The third-order valence-electron chi connectivity index (χ3n) is 6.05. The molecule has 0 radical (unpaired) electrons. The summed E-state index contributed by atoms with van der Waals surface area (Å²) in [5, 5.41) is 13.3. The van der Waals surface area contributed by atoms with Crippen LogP contribution in [-0.4, -0.2) is 28.8 Å². The monoisotopic (exact) mass is 461 g/mol. The summed E-state index contributed by atoms with van der Waals surface area (Å²) in [5.74, 6) is -0.564. The van der Waals surface area contributed by atoms with Crippen LogP contribution in [-0.2, 0) is 16.1 Å². The molecule has 0 aliphatic carbocycles. The van der Waals surface area contributed by atoms with Gasteiger partial charge < -0.3 is 14.7 Å². The number of nitrogens with zero attached hydrogens (tertiary/aromatic N) is 1. The second-order valence-corrected chi connectivity index (χ2v) is 9.51. The van der Waals surface area contributed by atoms with Gasteiger partial charge in [0.15, 0.2) is 0 Å². The zero-order valence-corrected chi connectivity index (χ0v) is 20.0. The average molecular weight is 462 g/mol. The lowest BCUT2D eigenvalue weighted by atomic mass is 9.91. The molecule has 4 rings (SSSR count). The number of rotatable bonds is 6. The van der Waals surface area contributed by atoms with E-state index in [4.69, 9.17) is 4.74 Å². The number of likely N-dealkylation sites (tertiary alicyclic amines) is 1. The van der Waals surface area contributed by atoms with Crippen molar-refractivity contribution in [2.45, 2.75) is 39.3 Å². The van der Waals surface area contributed by atoms with Gasteiger partial charge in [-0.05, 0) is 59.2 Å². The molecular formula is C27H27NO4S. The number of thiophene rings is 1. The van der Waals surface area contributed by atoms with Crippen LogP contribution in [0.3, 0.4) is 0 Å². The van der Waals surface area contributed by atoms with Gasteiger partial charge in [0, 0.05) is 10.4 Å². The molecule has 1 fully saturated rings. The molecule has 1 N–H and O–H groups in total. The first-order valence-corrected chi connectivity index (χ1v) is 11.8. The fourth-order valence-corrected chi connectivity index (χ4v) is 5.02. The van der Waals surface area contributed by atoms with Crippen LogP contribution in [0.1, 0.15) is 52.9 Å². The number of benzene rings is 2. The van der Waals surface area contributed by atoms with Crippen molar-refractivity contribution >= 4 is 28.8 Å². The highest BCUT2D eigenvalue weighted by Gasteiger charge is 2.46. The van der Waals surface area contributed by atoms with Crippen molar-refractivity contribution in [2.75, 3.05) is 7.11 Å². The van der Waals surface area contributed by atoms with E-state index in [2.05, 4.69) is 0 Å². The zero-order valence-electron chi connectivity index (χ0n) is 19.2. The molecule has 0 spiro atoms. The Morgan fingerprint density at radius 1 is 1.12 bits per heavy atom. The van der Waals surface area contributed by atoms with Gasteiger partial charge in [0.25, 0.3) is 11.7 Å². The Morgan fingerprint density at radius 3 is 2.52 bits per heavy atom. The molecule has 1 aliphatic rings. The first-order valence-electron chi connectivity index (χ1n) is 10.9. The molecule has 1 aliphatic heterocycles. The standard InChI is InChI=1S/C27H27NO4S/c1-16(2)21-14-18(11-12-22(21)32-4)25(29)23-24(20-10-6-5-8-17(20)3)28(27(31)26(23)30)15-19-9-7-13-33-19/h5-14,16,24,29H,15H2,1-4H3/b25-23+. The molecule has 0 saturated carbocycles. The van der Waals surface area contributed by atoms with Crippen LogP contribution >= 0.6 is 11.3 Å². The minimum absolute atomic E-state index is 0.116. The lowest BCUT2D eigenvalue weighted by Crippen LogP contribution is -2.29. The average Bonchev–Trinajstić information content (AvgIpc) is 3.41. The Balaban J connectivity index is 1.90. The Kier molecular flexibility index (Phi) is 6.38. The van der Waals surface area contributed by atoms with Crippen LogP contribution in [0.2, 0.25) is 0 Å². The number of hydrogen-bond acceptors (Lipinski definition) is 5. The van der Waals surface area contributed by atoms with Gasteiger partial charge in [-0.15, -0.1) is 11.3 Å². The number of Topliss-reactive ketones (excluding diaryl/α,β-unsaturated/α-hetero) is 1. The van der Waals surface area contributed by atoms with Crippen molar-refractivity contribution in [3.8, 4) is 5.75 Å². The highest BCUT2D eigenvalue weighted by atomic mass is 32.1. The predicted octanol–water partition coefficient (Wildman–Crippen LogP) is 5.81. The molecule has 1 unspecified atom stereocenters. The highest BCUT2D eigenvalue weighted by molar-refractivity contribution is 7.09. The molecule has 2 heterocycles. The number of ketones is 1. The maximum absolute atomic E-state index is 13.3. The molecule has 33 heavy (non-hydrogen) atoms. The molecule has 3 aromatic rings. The Labute approximate surface area is 197 Å². The van der Waals surface area contributed by atoms with Gasteiger partial charge >= 0.3 is 0 Å². The number of amides is 1. The maximum Gasteiger partial charge on any atom is 0.295 e. The smallest absolute Gasteiger partial charge is 0.295 e. The number of ether oxygens (including phenoxy) is 1. The molecule has 5 nitrogen and oxygen atoms in total. The van der Waals surface area contributed by atoms with Crippen molar-refractivity contribution in [1.82, 2.24) is 4.90 Å². The summed E-state index contributed by atoms with van der Waals surface area (Å²) in [6.07, 6.45) is 0. The van der Waals surface area contributed by atoms with Crippen LogP contribution in [0, 0.1) is 6.92 Å². The summed E-state index contributed by atoms with van der Waals surface area (Å²) in [7, 11) is 1.61. The molecule has 0 bridgehead atoms. The van der Waals surface area contributed by atoms with E-state index in [-0.39, 0.29) is 17.3 Å². The highest BCUT2D eigenvalue weighted by Crippen LogP contribution is 2.42. The SMILES string of the molecule is COc1ccc(/C(O)=C2\C(=O)C(=O)N(Cc3cccs3)C2c2ccccc2C)cc1C(C)C. The van der Waals surface area contributed by atoms with E-state index in [1.165, 1.54) is 11.3 Å². The second kappa shape index (κ2) is 9.24. The van der Waals surface area contributed by atoms with Crippen molar-refractivity contribution in [2.24, 2.45) is 0 Å². The van der Waals surface area contributed by atoms with Gasteiger partial charge in [-0.1, -0.05) is 44.2 Å². The number of aliphatic hydroxyl groups is 1. The van der Waals surface area contributed by atoms with Crippen molar-refractivity contribution < 1.29 is 19.4 Å². The van der Waals surface area contributed by atoms with Crippen LogP contribution in [0.4, 0.5) is 0 Å². The number of methoxy groups -OCH3 is 1. The van der Waals surface area contributed by atoms with Crippen molar-refractivity contribution in [1.29, 1.82) is 0 Å². The number of carbonyl (C=O) groups excluding carboxylic acids is 2. The van der Waals surface area contributed by atoms with Crippen LogP contribution in [0.25, 0.3) is 5.76 Å². The molecule has 2 aromatic carbocycles. The minimum atomic E-state index is -0.669. The summed E-state index contributed by atoms with van der Waals surface area (Å²) in [4.78, 5) is 29.0. The number of hydrogen-bond donors (Lipinski definition) is 1. The summed E-state index contributed by atoms with van der Waals surface area (Å²) >= 11 is 1.53. The molecule has 170 valence electrons. The molecule has 1 amide bonds. The van der Waals surface area contributed by atoms with Gasteiger partial charge in [-0.2, -0.15) is 0 Å². The first kappa shape index (κ1) is 22.8. The van der Waals surface area contributed by atoms with E-state index < -0.39 is 17.7 Å². The Hall–Kier alpha value is -3.38. The van der Waals surface area contributed by atoms with Crippen LogP contribution < -0.4 is 4.74 Å². The predicted molar refractivity (Wildman–Crippen MR) is 130 cm³/mol. The van der Waals surface area contributed by atoms with Crippen LogP contribution in [0.15, 0.2) is 65.6 Å². The third kappa shape index (κ3) is 4.18. The van der Waals surface area contributed by atoms with E-state index in [1.54, 1.807) is 24.1 Å². The quantitative estimate of drug-likeness (QED) is 0.286. The molecular weight excluding hydrogens is 434 g/mol. The van der Waals surface area contributed by atoms with Gasteiger partial charge in [-0.25, -0.2) is 0 Å². The second-order valence-electron chi connectivity index (χ2n) is 8.47. The molecule has 6 heteroatoms. The Bertz CT molecular complexity index is 1230. The topological polar surface area (TPSA) is 66.8 Å². The largest absolute Gasteiger partial charge is 0.507 e. The van der Waals surface area contributed by atoms with E-state index in [0.29, 0.717) is 12.1 Å².